The molecule has 3 heterocycles. The van der Waals surface area contributed by atoms with Crippen molar-refractivity contribution in [1.29, 1.82) is 0 Å². The fraction of sp³-hybridized carbons (Fsp3) is 0.500. The summed E-state index contributed by atoms with van der Waals surface area (Å²) >= 11 is 0. The number of carbonyl (C=O) groups is 1. The van der Waals surface area contributed by atoms with Crippen molar-refractivity contribution in [2.75, 3.05) is 18.0 Å². The summed E-state index contributed by atoms with van der Waals surface area (Å²) < 4.78 is 0. The molecule has 0 atom stereocenters. The summed E-state index contributed by atoms with van der Waals surface area (Å²) in [6.07, 6.45) is 3.38. The van der Waals surface area contributed by atoms with Gasteiger partial charge in [-0.1, -0.05) is 0 Å². The van der Waals surface area contributed by atoms with E-state index in [4.69, 9.17) is 0 Å². The third kappa shape index (κ3) is 4.10. The summed E-state index contributed by atoms with van der Waals surface area (Å²) in [6.45, 7) is 9.29. The SMILES string of the molecule is Cc1cc(N2CCC(NC(=O)c3cnc(C)nc3C)CC2)nc(C)n1. The van der Waals surface area contributed by atoms with E-state index in [1.54, 1.807) is 6.20 Å². The predicted molar refractivity (Wildman–Crippen MR) is 95.7 cm³/mol. The molecule has 0 aliphatic carbocycles. The lowest BCUT2D eigenvalue weighted by Crippen LogP contribution is -2.45. The molecule has 0 radical (unpaired) electrons. The monoisotopic (exact) mass is 340 g/mol. The zero-order chi connectivity index (χ0) is 18.0. The molecule has 25 heavy (non-hydrogen) atoms. The number of aryl methyl sites for hydroxylation is 4. The number of amides is 1. The number of piperidine rings is 1. The predicted octanol–water partition coefficient (Wildman–Crippen LogP) is 1.90. The number of hydrogen-bond acceptors (Lipinski definition) is 6. The van der Waals surface area contributed by atoms with Crippen molar-refractivity contribution in [2.45, 2.75) is 46.6 Å². The third-order valence-electron chi connectivity index (χ3n) is 4.45. The molecule has 2 aromatic heterocycles. The summed E-state index contributed by atoms with van der Waals surface area (Å²) in [4.78, 5) is 32.0. The Morgan fingerprint density at radius 2 is 1.80 bits per heavy atom. The Labute approximate surface area is 147 Å². The van der Waals surface area contributed by atoms with E-state index < -0.39 is 0 Å². The average molecular weight is 340 g/mol. The van der Waals surface area contributed by atoms with E-state index in [2.05, 4.69) is 30.2 Å². The minimum absolute atomic E-state index is 0.0929. The lowest BCUT2D eigenvalue weighted by Gasteiger charge is -2.33. The van der Waals surface area contributed by atoms with Gasteiger partial charge in [-0.05, 0) is 40.5 Å². The first-order valence-electron chi connectivity index (χ1n) is 8.60. The van der Waals surface area contributed by atoms with Crippen LogP contribution in [0.2, 0.25) is 0 Å². The first-order valence-corrected chi connectivity index (χ1v) is 8.60. The quantitative estimate of drug-likeness (QED) is 0.919. The average Bonchev–Trinajstić information content (AvgIpc) is 2.54. The van der Waals surface area contributed by atoms with Crippen LogP contribution in [0.3, 0.4) is 0 Å². The van der Waals surface area contributed by atoms with Crippen LogP contribution in [-0.4, -0.2) is 45.0 Å². The molecule has 0 aromatic carbocycles. The van der Waals surface area contributed by atoms with Crippen molar-refractivity contribution in [3.05, 3.63) is 40.9 Å². The Bertz CT molecular complexity index is 763. The van der Waals surface area contributed by atoms with E-state index in [0.717, 1.165) is 49.0 Å². The van der Waals surface area contributed by atoms with Gasteiger partial charge in [-0.2, -0.15) is 0 Å². The highest BCUT2D eigenvalue weighted by atomic mass is 16.1. The second kappa shape index (κ2) is 7.13. The molecule has 1 aliphatic rings. The molecular weight excluding hydrogens is 316 g/mol. The molecule has 132 valence electrons. The lowest BCUT2D eigenvalue weighted by molar-refractivity contribution is 0.0929. The van der Waals surface area contributed by atoms with E-state index in [1.165, 1.54) is 0 Å². The number of carbonyl (C=O) groups excluding carboxylic acids is 1. The van der Waals surface area contributed by atoms with Gasteiger partial charge in [0.05, 0.1) is 11.3 Å². The summed E-state index contributed by atoms with van der Waals surface area (Å²) in [5.74, 6) is 2.35. The molecule has 3 rings (SSSR count). The third-order valence-corrected chi connectivity index (χ3v) is 4.45. The van der Waals surface area contributed by atoms with Gasteiger partial charge < -0.3 is 10.2 Å². The minimum Gasteiger partial charge on any atom is -0.356 e. The second-order valence-electron chi connectivity index (χ2n) is 6.57. The van der Waals surface area contributed by atoms with E-state index in [-0.39, 0.29) is 11.9 Å². The Morgan fingerprint density at radius 3 is 2.44 bits per heavy atom. The number of nitrogens with one attached hydrogen (secondary N) is 1. The van der Waals surface area contributed by atoms with Crippen LogP contribution in [0.25, 0.3) is 0 Å². The maximum absolute atomic E-state index is 12.5. The summed E-state index contributed by atoms with van der Waals surface area (Å²) in [7, 11) is 0. The molecule has 1 amide bonds. The Morgan fingerprint density at radius 1 is 1.08 bits per heavy atom. The highest BCUT2D eigenvalue weighted by molar-refractivity contribution is 5.95. The molecule has 7 heteroatoms. The molecular formula is C18H24N6O. The van der Waals surface area contributed by atoms with E-state index in [0.29, 0.717) is 11.4 Å². The zero-order valence-corrected chi connectivity index (χ0v) is 15.2. The van der Waals surface area contributed by atoms with Crippen molar-refractivity contribution < 1.29 is 4.79 Å². The minimum atomic E-state index is -0.0929. The molecule has 0 bridgehead atoms. The number of hydrogen-bond donors (Lipinski definition) is 1. The Balaban J connectivity index is 1.59. The van der Waals surface area contributed by atoms with E-state index in [9.17, 15) is 4.79 Å². The normalized spacial score (nSPS) is 15.3. The summed E-state index contributed by atoms with van der Waals surface area (Å²) in [6, 6.07) is 2.17. The fourth-order valence-corrected chi connectivity index (χ4v) is 3.18. The molecule has 2 aromatic rings. The van der Waals surface area contributed by atoms with Crippen molar-refractivity contribution >= 4 is 11.7 Å². The molecule has 1 N–H and O–H groups in total. The highest BCUT2D eigenvalue weighted by Gasteiger charge is 2.23. The molecule has 0 saturated carbocycles. The Kier molecular flexibility index (Phi) is 4.92. The van der Waals surface area contributed by atoms with Gasteiger partial charge in [-0.15, -0.1) is 0 Å². The van der Waals surface area contributed by atoms with Crippen LogP contribution in [0.1, 0.15) is 46.2 Å². The van der Waals surface area contributed by atoms with Gasteiger partial charge in [-0.25, -0.2) is 19.9 Å². The number of nitrogens with zero attached hydrogens (tertiary/aromatic N) is 5. The van der Waals surface area contributed by atoms with Gasteiger partial charge in [0.25, 0.3) is 5.91 Å². The molecule has 0 spiro atoms. The van der Waals surface area contributed by atoms with Crippen LogP contribution in [0, 0.1) is 27.7 Å². The smallest absolute Gasteiger partial charge is 0.254 e. The van der Waals surface area contributed by atoms with Gasteiger partial charge in [0.2, 0.25) is 0 Å². The van der Waals surface area contributed by atoms with Crippen LogP contribution >= 0.6 is 0 Å². The zero-order valence-electron chi connectivity index (χ0n) is 15.2. The van der Waals surface area contributed by atoms with Crippen LogP contribution in [0.15, 0.2) is 12.3 Å². The molecule has 1 fully saturated rings. The summed E-state index contributed by atoms with van der Waals surface area (Å²) in [5.41, 5.74) is 2.25. The van der Waals surface area contributed by atoms with Crippen molar-refractivity contribution in [2.24, 2.45) is 0 Å². The van der Waals surface area contributed by atoms with E-state index in [1.807, 2.05) is 33.8 Å². The lowest BCUT2D eigenvalue weighted by atomic mass is 10.0. The van der Waals surface area contributed by atoms with Gasteiger partial charge >= 0.3 is 0 Å². The van der Waals surface area contributed by atoms with E-state index >= 15 is 0 Å². The van der Waals surface area contributed by atoms with Crippen LogP contribution < -0.4 is 10.2 Å². The fourth-order valence-electron chi connectivity index (χ4n) is 3.18. The standard InChI is InChI=1S/C18H24N6O/c1-11-9-17(22-14(4)20-11)24-7-5-15(6-8-24)23-18(25)16-10-19-13(3)21-12(16)2/h9-10,15H,5-8H2,1-4H3,(H,23,25). The topological polar surface area (TPSA) is 83.9 Å². The van der Waals surface area contributed by atoms with Gasteiger partial charge in [0.1, 0.15) is 17.5 Å². The van der Waals surface area contributed by atoms with Gasteiger partial charge in [-0.3, -0.25) is 4.79 Å². The van der Waals surface area contributed by atoms with Crippen molar-refractivity contribution in [3.8, 4) is 0 Å². The van der Waals surface area contributed by atoms with Gasteiger partial charge in [0.15, 0.2) is 0 Å². The number of rotatable bonds is 3. The maximum atomic E-state index is 12.5. The molecule has 1 aliphatic heterocycles. The first-order chi connectivity index (χ1) is 11.9. The molecule has 0 unspecified atom stereocenters. The maximum Gasteiger partial charge on any atom is 0.254 e. The molecule has 7 nitrogen and oxygen atoms in total. The number of anilines is 1. The van der Waals surface area contributed by atoms with Gasteiger partial charge in [0, 0.05) is 37.1 Å². The number of aromatic nitrogens is 4. The Hall–Kier alpha value is -2.57. The largest absolute Gasteiger partial charge is 0.356 e. The molecule has 1 saturated heterocycles. The first kappa shape index (κ1) is 17.3. The van der Waals surface area contributed by atoms with Crippen molar-refractivity contribution in [1.82, 2.24) is 25.3 Å². The second-order valence-corrected chi connectivity index (χ2v) is 6.57. The van der Waals surface area contributed by atoms with Crippen molar-refractivity contribution in [3.63, 3.8) is 0 Å². The highest BCUT2D eigenvalue weighted by Crippen LogP contribution is 2.19. The van der Waals surface area contributed by atoms with Crippen LogP contribution in [0.4, 0.5) is 5.82 Å². The van der Waals surface area contributed by atoms with Crippen LogP contribution in [-0.2, 0) is 0 Å². The van der Waals surface area contributed by atoms with Crippen LogP contribution in [0.5, 0.6) is 0 Å². The summed E-state index contributed by atoms with van der Waals surface area (Å²) in [5, 5.41) is 3.11.